The Morgan fingerprint density at radius 3 is 2.48 bits per heavy atom. The van der Waals surface area contributed by atoms with Crippen molar-refractivity contribution in [3.8, 4) is 5.75 Å². The summed E-state index contributed by atoms with van der Waals surface area (Å²) in [6.45, 7) is 9.05. The molecule has 0 fully saturated rings. The summed E-state index contributed by atoms with van der Waals surface area (Å²) in [7, 11) is 0. The third kappa shape index (κ3) is 5.43. The van der Waals surface area contributed by atoms with Crippen LogP contribution < -0.4 is 15.8 Å². The number of ether oxygens (including phenoxy) is 1. The number of carbonyl (C=O) groups is 2. The van der Waals surface area contributed by atoms with Crippen LogP contribution in [0.3, 0.4) is 0 Å². The number of nitrogens with two attached hydrogens (primary N) is 1. The zero-order chi connectivity index (χ0) is 17.8. The lowest BCUT2D eigenvalue weighted by atomic mass is 9.89. The minimum absolute atomic E-state index is 0.204. The average molecular weight is 341 g/mol. The van der Waals surface area contributed by atoms with Gasteiger partial charge in [0.05, 0.1) is 5.02 Å². The van der Waals surface area contributed by atoms with Crippen LogP contribution in [0.4, 0.5) is 0 Å². The van der Waals surface area contributed by atoms with Gasteiger partial charge in [0.15, 0.2) is 6.10 Å². The van der Waals surface area contributed by atoms with Crippen molar-refractivity contribution in [3.05, 3.63) is 28.8 Å². The van der Waals surface area contributed by atoms with E-state index in [1.54, 1.807) is 26.0 Å². The molecule has 128 valence electrons. The summed E-state index contributed by atoms with van der Waals surface area (Å²) in [5.74, 6) is -0.348. The second-order valence-electron chi connectivity index (χ2n) is 6.48. The maximum Gasteiger partial charge on any atom is 0.261 e. The Balaban J connectivity index is 2.83. The molecule has 0 aliphatic carbocycles. The van der Waals surface area contributed by atoms with Gasteiger partial charge in [-0.05, 0) is 50.8 Å². The molecule has 0 bridgehead atoms. The van der Waals surface area contributed by atoms with Gasteiger partial charge in [0, 0.05) is 0 Å². The molecule has 1 rings (SSSR count). The fraction of sp³-hybridized carbons (Fsp3) is 0.529. The highest BCUT2D eigenvalue weighted by Gasteiger charge is 2.35. The highest BCUT2D eigenvalue weighted by atomic mass is 35.5. The van der Waals surface area contributed by atoms with Crippen molar-refractivity contribution in [3.63, 3.8) is 0 Å². The molecule has 0 aliphatic rings. The molecule has 0 saturated carbocycles. The number of halogens is 1. The van der Waals surface area contributed by atoms with Crippen molar-refractivity contribution in [2.45, 2.75) is 52.7 Å². The van der Waals surface area contributed by atoms with Crippen LogP contribution in [0.5, 0.6) is 5.75 Å². The first kappa shape index (κ1) is 19.3. The summed E-state index contributed by atoms with van der Waals surface area (Å²) in [5, 5.41) is 3.12. The van der Waals surface area contributed by atoms with Gasteiger partial charge in [-0.15, -0.1) is 0 Å². The summed E-state index contributed by atoms with van der Waals surface area (Å²) in [6.07, 6.45) is -0.355. The smallest absolute Gasteiger partial charge is 0.261 e. The molecule has 1 aromatic rings. The number of aryl methyl sites for hydroxylation is 1. The molecule has 23 heavy (non-hydrogen) atoms. The zero-order valence-corrected chi connectivity index (χ0v) is 15.0. The maximum atomic E-state index is 12.4. The molecule has 0 radical (unpaired) electrons. The number of amides is 2. The topological polar surface area (TPSA) is 81.4 Å². The van der Waals surface area contributed by atoms with Crippen LogP contribution in [0.25, 0.3) is 0 Å². The summed E-state index contributed by atoms with van der Waals surface area (Å²) in [6, 6.07) is 5.32. The quantitative estimate of drug-likeness (QED) is 0.800. The van der Waals surface area contributed by atoms with E-state index in [1.807, 2.05) is 26.8 Å². The Kier molecular flexibility index (Phi) is 6.45. The minimum Gasteiger partial charge on any atom is -0.479 e. The lowest BCUT2D eigenvalue weighted by molar-refractivity contribution is -0.135. The van der Waals surface area contributed by atoms with E-state index in [2.05, 4.69) is 5.32 Å². The van der Waals surface area contributed by atoms with Gasteiger partial charge >= 0.3 is 0 Å². The summed E-state index contributed by atoms with van der Waals surface area (Å²) >= 11 is 6.07. The first-order chi connectivity index (χ1) is 10.5. The Morgan fingerprint density at radius 2 is 1.96 bits per heavy atom. The molecule has 5 nitrogen and oxygen atoms in total. The molecule has 0 heterocycles. The Labute approximate surface area is 142 Å². The van der Waals surface area contributed by atoms with Crippen molar-refractivity contribution < 1.29 is 14.3 Å². The molecule has 0 aliphatic heterocycles. The van der Waals surface area contributed by atoms with Crippen LogP contribution in [0, 0.1) is 12.8 Å². The fourth-order valence-electron chi connectivity index (χ4n) is 2.35. The minimum atomic E-state index is -1.11. The largest absolute Gasteiger partial charge is 0.479 e. The summed E-state index contributed by atoms with van der Waals surface area (Å²) < 4.78 is 5.62. The standard InChI is InChI=1S/C17H25ClN2O3/c1-10(2)9-17(5,16(19)22)20-15(21)12(4)23-14-8-11(3)6-7-13(14)18/h6-8,10,12H,9H2,1-5H3,(H2,19,22)(H,20,21). The molecule has 2 unspecified atom stereocenters. The number of hydrogen-bond acceptors (Lipinski definition) is 3. The molecule has 2 atom stereocenters. The lowest BCUT2D eigenvalue weighted by Crippen LogP contribution is -2.58. The molecule has 0 aromatic heterocycles. The van der Waals surface area contributed by atoms with Crippen LogP contribution in [0.15, 0.2) is 18.2 Å². The van der Waals surface area contributed by atoms with E-state index in [9.17, 15) is 9.59 Å². The number of primary amides is 1. The molecule has 2 amide bonds. The number of benzene rings is 1. The van der Waals surface area contributed by atoms with Crippen molar-refractivity contribution in [1.82, 2.24) is 5.32 Å². The number of nitrogens with one attached hydrogen (secondary N) is 1. The number of rotatable bonds is 7. The monoisotopic (exact) mass is 340 g/mol. The SMILES string of the molecule is Cc1ccc(Cl)c(OC(C)C(=O)NC(C)(CC(C)C)C(N)=O)c1. The maximum absolute atomic E-state index is 12.4. The molecular formula is C17H25ClN2O3. The molecule has 0 saturated heterocycles. The highest BCUT2D eigenvalue weighted by molar-refractivity contribution is 6.32. The second-order valence-corrected chi connectivity index (χ2v) is 6.88. The van der Waals surface area contributed by atoms with Gasteiger partial charge in [0.1, 0.15) is 11.3 Å². The molecular weight excluding hydrogens is 316 g/mol. The molecule has 1 aromatic carbocycles. The van der Waals surface area contributed by atoms with E-state index in [-0.39, 0.29) is 5.92 Å². The number of carbonyl (C=O) groups excluding carboxylic acids is 2. The van der Waals surface area contributed by atoms with Crippen molar-refractivity contribution in [2.75, 3.05) is 0 Å². The fourth-order valence-corrected chi connectivity index (χ4v) is 2.51. The van der Waals surface area contributed by atoms with E-state index in [4.69, 9.17) is 22.1 Å². The van der Waals surface area contributed by atoms with Crippen LogP contribution in [-0.2, 0) is 9.59 Å². The predicted molar refractivity (Wildman–Crippen MR) is 91.5 cm³/mol. The molecule has 0 spiro atoms. The van der Waals surface area contributed by atoms with E-state index >= 15 is 0 Å². The second kappa shape index (κ2) is 7.68. The Hall–Kier alpha value is -1.75. The van der Waals surface area contributed by atoms with Gasteiger partial charge in [-0.25, -0.2) is 0 Å². The predicted octanol–water partition coefficient (Wildman–Crippen LogP) is 2.82. The van der Waals surface area contributed by atoms with Gasteiger partial charge in [0.25, 0.3) is 5.91 Å². The third-order valence-electron chi connectivity index (χ3n) is 3.52. The first-order valence-electron chi connectivity index (χ1n) is 7.60. The van der Waals surface area contributed by atoms with Gasteiger partial charge in [0.2, 0.25) is 5.91 Å². The van der Waals surface area contributed by atoms with Gasteiger partial charge < -0.3 is 15.8 Å². The number of hydrogen-bond donors (Lipinski definition) is 2. The molecule has 3 N–H and O–H groups in total. The van der Waals surface area contributed by atoms with Crippen LogP contribution >= 0.6 is 11.6 Å². The van der Waals surface area contributed by atoms with E-state index in [0.29, 0.717) is 17.2 Å². The van der Waals surface area contributed by atoms with Crippen molar-refractivity contribution >= 4 is 23.4 Å². The van der Waals surface area contributed by atoms with E-state index in [1.165, 1.54) is 0 Å². The Bertz CT molecular complexity index is 589. The highest BCUT2D eigenvalue weighted by Crippen LogP contribution is 2.26. The third-order valence-corrected chi connectivity index (χ3v) is 3.83. The van der Waals surface area contributed by atoms with Gasteiger partial charge in [-0.2, -0.15) is 0 Å². The van der Waals surface area contributed by atoms with Crippen LogP contribution in [0.2, 0.25) is 5.02 Å². The van der Waals surface area contributed by atoms with E-state index < -0.39 is 23.5 Å². The van der Waals surface area contributed by atoms with Crippen molar-refractivity contribution in [1.29, 1.82) is 0 Å². The zero-order valence-electron chi connectivity index (χ0n) is 14.3. The normalized spacial score (nSPS) is 14.9. The van der Waals surface area contributed by atoms with Crippen molar-refractivity contribution in [2.24, 2.45) is 11.7 Å². The van der Waals surface area contributed by atoms with Gasteiger partial charge in [-0.3, -0.25) is 9.59 Å². The van der Waals surface area contributed by atoms with E-state index in [0.717, 1.165) is 5.56 Å². The van der Waals surface area contributed by atoms with Gasteiger partial charge in [-0.1, -0.05) is 31.5 Å². The Morgan fingerprint density at radius 1 is 1.35 bits per heavy atom. The van der Waals surface area contributed by atoms with Crippen LogP contribution in [-0.4, -0.2) is 23.5 Å². The summed E-state index contributed by atoms with van der Waals surface area (Å²) in [4.78, 5) is 24.1. The summed E-state index contributed by atoms with van der Waals surface area (Å²) in [5.41, 5.74) is 5.31. The van der Waals surface area contributed by atoms with Crippen LogP contribution in [0.1, 0.15) is 39.7 Å². The molecule has 6 heteroatoms. The average Bonchev–Trinajstić information content (AvgIpc) is 2.41. The lowest BCUT2D eigenvalue weighted by Gasteiger charge is -2.30. The first-order valence-corrected chi connectivity index (χ1v) is 7.97.